The van der Waals surface area contributed by atoms with Crippen LogP contribution in [0.2, 0.25) is 0 Å². The highest BCUT2D eigenvalue weighted by Gasteiger charge is 2.38. The molecule has 10 rings (SSSR count). The molecule has 2 heterocycles. The van der Waals surface area contributed by atoms with Crippen LogP contribution in [0, 0.1) is 0 Å². The molecule has 2 aromatic heterocycles. The van der Waals surface area contributed by atoms with Gasteiger partial charge in [0.25, 0.3) is 0 Å². The van der Waals surface area contributed by atoms with Crippen LogP contribution in [0.1, 0.15) is 25.0 Å². The van der Waals surface area contributed by atoms with Crippen LogP contribution in [0.4, 0.5) is 0 Å². The molecule has 0 radical (unpaired) electrons. The second-order valence-corrected chi connectivity index (χ2v) is 14.4. The fourth-order valence-electron chi connectivity index (χ4n) is 8.25. The Kier molecular flexibility index (Phi) is 5.81. The molecule has 228 valence electrons. The number of hydrogen-bond acceptors (Lipinski definition) is 1. The van der Waals surface area contributed by atoms with Gasteiger partial charge in [-0.15, -0.1) is 0 Å². The van der Waals surface area contributed by atoms with Crippen LogP contribution < -0.4 is 0 Å². The van der Waals surface area contributed by atoms with E-state index in [-0.39, 0.29) is 5.41 Å². The largest absolute Gasteiger partial charge is 0.456 e. The SMILES string of the molecule is CC1(C)c2ccccc2-c2cccc(-n3c4ccccc4c4cc(-c5cc(Br)cc(-c6ccc7oc8ccccc8c7c6)c5)ccc43)c21. The van der Waals surface area contributed by atoms with Gasteiger partial charge in [-0.25, -0.2) is 0 Å². The van der Waals surface area contributed by atoms with Gasteiger partial charge in [-0.1, -0.05) is 115 Å². The fraction of sp³-hybridized carbons (Fsp3) is 0.0667. The number of benzene rings is 7. The van der Waals surface area contributed by atoms with Crippen molar-refractivity contribution in [2.75, 3.05) is 0 Å². The van der Waals surface area contributed by atoms with E-state index in [9.17, 15) is 0 Å². The molecule has 48 heavy (non-hydrogen) atoms. The number of nitrogens with zero attached hydrogens (tertiary/aromatic N) is 1. The van der Waals surface area contributed by atoms with Gasteiger partial charge in [0.2, 0.25) is 0 Å². The maximum Gasteiger partial charge on any atom is 0.135 e. The van der Waals surface area contributed by atoms with E-state index in [4.69, 9.17) is 4.42 Å². The Hall–Kier alpha value is -5.38. The first-order valence-electron chi connectivity index (χ1n) is 16.5. The van der Waals surface area contributed by atoms with Gasteiger partial charge in [0, 0.05) is 31.4 Å². The van der Waals surface area contributed by atoms with Gasteiger partial charge in [0.05, 0.1) is 16.7 Å². The Morgan fingerprint density at radius 3 is 2.00 bits per heavy atom. The normalized spacial score (nSPS) is 13.5. The molecule has 0 saturated heterocycles. The number of hydrogen-bond donors (Lipinski definition) is 0. The Morgan fingerprint density at radius 1 is 0.500 bits per heavy atom. The lowest BCUT2D eigenvalue weighted by Gasteiger charge is -2.25. The molecule has 9 aromatic rings. The van der Waals surface area contributed by atoms with E-state index < -0.39 is 0 Å². The molecule has 2 nitrogen and oxygen atoms in total. The second-order valence-electron chi connectivity index (χ2n) is 13.5. The minimum Gasteiger partial charge on any atom is -0.456 e. The van der Waals surface area contributed by atoms with Gasteiger partial charge in [-0.3, -0.25) is 0 Å². The highest BCUT2D eigenvalue weighted by atomic mass is 79.9. The lowest BCUT2D eigenvalue weighted by Crippen LogP contribution is -2.17. The summed E-state index contributed by atoms with van der Waals surface area (Å²) < 4.78 is 9.65. The van der Waals surface area contributed by atoms with Gasteiger partial charge in [-0.2, -0.15) is 0 Å². The maximum absolute atomic E-state index is 6.11. The third-order valence-corrected chi connectivity index (χ3v) is 10.9. The standard InChI is InChI=1S/C45H30BrNO/c1-45(2)38-14-6-3-10-32(38)35-13-9-16-41(44(35)45)47-39-15-7-4-11-33(39)36-25-27(18-20-40(36)47)29-22-30(24-31(46)23-29)28-19-21-43-37(26-28)34-12-5-8-17-42(34)48-43/h3-26H,1-2H3. The minimum atomic E-state index is -0.112. The Bertz CT molecular complexity index is 2780. The van der Waals surface area contributed by atoms with Gasteiger partial charge < -0.3 is 8.98 Å². The Balaban J connectivity index is 1.15. The van der Waals surface area contributed by atoms with Crippen LogP contribution in [0.5, 0.6) is 0 Å². The van der Waals surface area contributed by atoms with Crippen LogP contribution in [-0.2, 0) is 5.41 Å². The van der Waals surface area contributed by atoms with Crippen molar-refractivity contribution in [3.63, 3.8) is 0 Å². The monoisotopic (exact) mass is 679 g/mol. The number of aromatic nitrogens is 1. The van der Waals surface area contributed by atoms with Crippen LogP contribution in [0.3, 0.4) is 0 Å². The third kappa shape index (κ3) is 3.91. The van der Waals surface area contributed by atoms with E-state index in [1.54, 1.807) is 0 Å². The van der Waals surface area contributed by atoms with Crippen molar-refractivity contribution in [2.24, 2.45) is 0 Å². The molecule has 0 aliphatic heterocycles. The van der Waals surface area contributed by atoms with E-state index in [0.717, 1.165) is 37.5 Å². The fourth-order valence-corrected chi connectivity index (χ4v) is 8.74. The van der Waals surface area contributed by atoms with Crippen LogP contribution in [0.25, 0.3) is 82.8 Å². The highest BCUT2D eigenvalue weighted by Crippen LogP contribution is 2.52. The molecule has 0 saturated carbocycles. The maximum atomic E-state index is 6.11. The van der Waals surface area contributed by atoms with Crippen molar-refractivity contribution in [3.8, 4) is 39.1 Å². The van der Waals surface area contributed by atoms with Crippen molar-refractivity contribution in [1.82, 2.24) is 4.57 Å². The van der Waals surface area contributed by atoms with Gasteiger partial charge in [0.15, 0.2) is 0 Å². The van der Waals surface area contributed by atoms with Crippen molar-refractivity contribution in [1.29, 1.82) is 0 Å². The first kappa shape index (κ1) is 27.7. The van der Waals surface area contributed by atoms with Crippen LogP contribution in [-0.4, -0.2) is 4.57 Å². The van der Waals surface area contributed by atoms with Crippen molar-refractivity contribution in [3.05, 3.63) is 161 Å². The van der Waals surface area contributed by atoms with Crippen LogP contribution >= 0.6 is 15.9 Å². The molecule has 0 N–H and O–H groups in total. The second kappa shape index (κ2) is 10.1. The van der Waals surface area contributed by atoms with Crippen LogP contribution in [0.15, 0.2) is 154 Å². The average Bonchev–Trinajstić information content (AvgIpc) is 3.73. The Labute approximate surface area is 287 Å². The molecule has 1 aliphatic rings. The molecule has 0 unspecified atom stereocenters. The molecule has 0 amide bonds. The predicted octanol–water partition coefficient (Wildman–Crippen LogP) is 13.1. The number of rotatable bonds is 3. The highest BCUT2D eigenvalue weighted by molar-refractivity contribution is 9.10. The lowest BCUT2D eigenvalue weighted by atomic mass is 9.81. The first-order chi connectivity index (χ1) is 23.5. The quantitative estimate of drug-likeness (QED) is 0.182. The van der Waals surface area contributed by atoms with Crippen molar-refractivity contribution in [2.45, 2.75) is 19.3 Å². The number of furan rings is 1. The first-order valence-corrected chi connectivity index (χ1v) is 17.2. The zero-order chi connectivity index (χ0) is 32.1. The molecule has 7 aromatic carbocycles. The third-order valence-electron chi connectivity index (χ3n) is 10.4. The summed E-state index contributed by atoms with van der Waals surface area (Å²) in [6.45, 7) is 4.73. The van der Waals surface area contributed by atoms with E-state index in [0.29, 0.717) is 0 Å². The summed E-state index contributed by atoms with van der Waals surface area (Å²) in [4.78, 5) is 0. The number of para-hydroxylation sites is 2. The smallest absolute Gasteiger partial charge is 0.135 e. The number of fused-ring (bicyclic) bond motifs is 9. The summed E-state index contributed by atoms with van der Waals surface area (Å²) >= 11 is 3.84. The summed E-state index contributed by atoms with van der Waals surface area (Å²) in [6, 6.07) is 53.0. The zero-order valence-electron chi connectivity index (χ0n) is 26.6. The molecular formula is C45H30BrNO. The van der Waals surface area contributed by atoms with E-state index >= 15 is 0 Å². The Morgan fingerprint density at radius 2 is 1.15 bits per heavy atom. The zero-order valence-corrected chi connectivity index (χ0v) is 28.2. The molecule has 0 atom stereocenters. The summed E-state index contributed by atoms with van der Waals surface area (Å²) in [5, 5.41) is 4.79. The molecule has 1 aliphatic carbocycles. The lowest BCUT2D eigenvalue weighted by molar-refractivity contribution is 0.656. The summed E-state index contributed by atoms with van der Waals surface area (Å²) in [6.07, 6.45) is 0. The van der Waals surface area contributed by atoms with Gasteiger partial charge in [0.1, 0.15) is 11.2 Å². The summed E-state index contributed by atoms with van der Waals surface area (Å²) in [5.74, 6) is 0. The minimum absolute atomic E-state index is 0.112. The van der Waals surface area contributed by atoms with E-state index in [1.165, 1.54) is 60.9 Å². The van der Waals surface area contributed by atoms with Crippen molar-refractivity contribution >= 4 is 59.7 Å². The van der Waals surface area contributed by atoms with E-state index in [1.807, 2.05) is 12.1 Å². The summed E-state index contributed by atoms with van der Waals surface area (Å²) in [5.41, 5.74) is 15.5. The average molecular weight is 681 g/mol. The summed E-state index contributed by atoms with van der Waals surface area (Å²) in [7, 11) is 0. The van der Waals surface area contributed by atoms with Gasteiger partial charge >= 0.3 is 0 Å². The molecule has 0 bridgehead atoms. The van der Waals surface area contributed by atoms with E-state index in [2.05, 4.69) is 168 Å². The molecular weight excluding hydrogens is 650 g/mol. The topological polar surface area (TPSA) is 18.1 Å². The van der Waals surface area contributed by atoms with Gasteiger partial charge in [-0.05, 0) is 105 Å². The van der Waals surface area contributed by atoms with Crippen molar-refractivity contribution < 1.29 is 4.42 Å². The number of halogens is 1. The molecule has 0 fully saturated rings. The molecule has 3 heteroatoms. The molecule has 0 spiro atoms. The predicted molar refractivity (Wildman–Crippen MR) is 204 cm³/mol.